The van der Waals surface area contributed by atoms with Gasteiger partial charge in [0.15, 0.2) is 0 Å². The summed E-state index contributed by atoms with van der Waals surface area (Å²) in [6, 6.07) is 2.14. The number of likely N-dealkylation sites (tertiary alicyclic amines) is 1. The Morgan fingerprint density at radius 1 is 1.56 bits per heavy atom. The highest BCUT2D eigenvalue weighted by molar-refractivity contribution is 7.09. The van der Waals surface area contributed by atoms with Gasteiger partial charge in [0.1, 0.15) is 5.01 Å². The summed E-state index contributed by atoms with van der Waals surface area (Å²) in [6.07, 6.45) is 3.04. The van der Waals surface area contributed by atoms with E-state index >= 15 is 0 Å². The molecule has 2 heterocycles. The van der Waals surface area contributed by atoms with Gasteiger partial charge in [-0.15, -0.1) is 11.3 Å². The minimum absolute atomic E-state index is 0.438. The standard InChI is InChI=1S/C12H17N3S/c1-10-3-6-15(7-4-10)8-12-14-11(2-5-13)9-16-12/h9-10H,2-4,6-8H2,1H3. The quantitative estimate of drug-likeness (QED) is 0.808. The molecule has 0 spiro atoms. The molecule has 16 heavy (non-hydrogen) atoms. The van der Waals surface area contributed by atoms with Crippen LogP contribution in [0.4, 0.5) is 0 Å². The first kappa shape index (κ1) is 11.6. The van der Waals surface area contributed by atoms with Crippen LogP contribution in [0.5, 0.6) is 0 Å². The Labute approximate surface area is 101 Å². The Hall–Kier alpha value is -0.920. The van der Waals surface area contributed by atoms with Crippen molar-refractivity contribution in [2.24, 2.45) is 5.92 Å². The third-order valence-electron chi connectivity index (χ3n) is 3.09. The van der Waals surface area contributed by atoms with E-state index in [0.717, 1.165) is 23.2 Å². The molecular formula is C12H17N3S. The molecule has 0 aromatic carbocycles. The molecule has 4 heteroatoms. The van der Waals surface area contributed by atoms with Gasteiger partial charge in [-0.3, -0.25) is 4.90 Å². The van der Waals surface area contributed by atoms with Crippen LogP contribution in [0.2, 0.25) is 0 Å². The number of hydrogen-bond donors (Lipinski definition) is 0. The molecule has 0 N–H and O–H groups in total. The minimum Gasteiger partial charge on any atom is -0.297 e. The van der Waals surface area contributed by atoms with E-state index in [-0.39, 0.29) is 0 Å². The number of aromatic nitrogens is 1. The average molecular weight is 235 g/mol. The summed E-state index contributed by atoms with van der Waals surface area (Å²) in [7, 11) is 0. The van der Waals surface area contributed by atoms with Gasteiger partial charge in [0.05, 0.1) is 24.7 Å². The van der Waals surface area contributed by atoms with Gasteiger partial charge < -0.3 is 0 Å². The van der Waals surface area contributed by atoms with Gasteiger partial charge in [-0.05, 0) is 31.8 Å². The minimum atomic E-state index is 0.438. The van der Waals surface area contributed by atoms with E-state index in [1.54, 1.807) is 11.3 Å². The highest BCUT2D eigenvalue weighted by Crippen LogP contribution is 2.19. The maximum absolute atomic E-state index is 8.58. The van der Waals surface area contributed by atoms with Gasteiger partial charge in [0.25, 0.3) is 0 Å². The van der Waals surface area contributed by atoms with Gasteiger partial charge in [-0.1, -0.05) is 6.92 Å². The molecule has 0 unspecified atom stereocenters. The Balaban J connectivity index is 1.86. The van der Waals surface area contributed by atoms with Crippen molar-refractivity contribution in [3.05, 3.63) is 16.1 Å². The van der Waals surface area contributed by atoms with Crippen LogP contribution >= 0.6 is 11.3 Å². The Morgan fingerprint density at radius 2 is 2.31 bits per heavy atom. The molecule has 1 aromatic heterocycles. The first-order chi connectivity index (χ1) is 7.78. The fourth-order valence-corrected chi connectivity index (χ4v) is 2.83. The fourth-order valence-electron chi connectivity index (χ4n) is 2.00. The lowest BCUT2D eigenvalue weighted by Crippen LogP contribution is -2.32. The van der Waals surface area contributed by atoms with Gasteiger partial charge in [-0.2, -0.15) is 5.26 Å². The maximum atomic E-state index is 8.58. The van der Waals surface area contributed by atoms with E-state index < -0.39 is 0 Å². The molecule has 1 aromatic rings. The number of rotatable bonds is 3. The third kappa shape index (κ3) is 3.03. The predicted octanol–water partition coefficient (Wildman–Crippen LogP) is 2.44. The molecule has 3 nitrogen and oxygen atoms in total. The zero-order chi connectivity index (χ0) is 11.4. The van der Waals surface area contributed by atoms with Crippen LogP contribution < -0.4 is 0 Å². The SMILES string of the molecule is CC1CCN(Cc2nc(CC#N)cs2)CC1. The van der Waals surface area contributed by atoms with Crippen LogP contribution in [0, 0.1) is 17.2 Å². The largest absolute Gasteiger partial charge is 0.297 e. The van der Waals surface area contributed by atoms with Gasteiger partial charge in [-0.25, -0.2) is 4.98 Å². The summed E-state index contributed by atoms with van der Waals surface area (Å²) >= 11 is 1.68. The monoisotopic (exact) mass is 235 g/mol. The Kier molecular flexibility index (Phi) is 3.92. The van der Waals surface area contributed by atoms with Crippen molar-refractivity contribution in [3.63, 3.8) is 0 Å². The molecule has 0 radical (unpaired) electrons. The lowest BCUT2D eigenvalue weighted by atomic mass is 9.99. The van der Waals surface area contributed by atoms with E-state index in [9.17, 15) is 0 Å². The van der Waals surface area contributed by atoms with E-state index in [4.69, 9.17) is 5.26 Å². The predicted molar refractivity (Wildman–Crippen MR) is 65.1 cm³/mol. The number of piperidine rings is 1. The second kappa shape index (κ2) is 5.42. The van der Waals surface area contributed by atoms with Crippen LogP contribution in [0.3, 0.4) is 0 Å². The average Bonchev–Trinajstić information content (AvgIpc) is 2.70. The molecule has 1 saturated heterocycles. The van der Waals surface area contributed by atoms with Crippen molar-refractivity contribution in [1.29, 1.82) is 5.26 Å². The number of nitriles is 1. The van der Waals surface area contributed by atoms with Crippen molar-refractivity contribution in [2.45, 2.75) is 32.7 Å². The second-order valence-corrected chi connectivity index (χ2v) is 5.47. The van der Waals surface area contributed by atoms with Crippen LogP contribution in [-0.2, 0) is 13.0 Å². The number of nitrogens with zero attached hydrogens (tertiary/aromatic N) is 3. The lowest BCUT2D eigenvalue weighted by Gasteiger charge is -2.29. The van der Waals surface area contributed by atoms with E-state index in [0.29, 0.717) is 6.42 Å². The molecule has 0 saturated carbocycles. The Morgan fingerprint density at radius 3 is 3.00 bits per heavy atom. The summed E-state index contributed by atoms with van der Waals surface area (Å²) in [4.78, 5) is 6.93. The second-order valence-electron chi connectivity index (χ2n) is 4.53. The molecule has 2 rings (SSSR count). The first-order valence-electron chi connectivity index (χ1n) is 5.80. The normalized spacial score (nSPS) is 18.5. The molecule has 0 atom stereocenters. The van der Waals surface area contributed by atoms with Crippen LogP contribution in [-0.4, -0.2) is 23.0 Å². The van der Waals surface area contributed by atoms with Crippen molar-refractivity contribution in [2.75, 3.05) is 13.1 Å². The molecule has 0 bridgehead atoms. The van der Waals surface area contributed by atoms with Crippen molar-refractivity contribution >= 4 is 11.3 Å². The van der Waals surface area contributed by atoms with Crippen molar-refractivity contribution in [1.82, 2.24) is 9.88 Å². The lowest BCUT2D eigenvalue weighted by molar-refractivity contribution is 0.185. The van der Waals surface area contributed by atoms with E-state index in [2.05, 4.69) is 22.9 Å². The Bertz CT molecular complexity index is 372. The summed E-state index contributed by atoms with van der Waals surface area (Å²) in [6.45, 7) is 5.66. The van der Waals surface area contributed by atoms with E-state index in [1.165, 1.54) is 25.9 Å². The smallest absolute Gasteiger partial charge is 0.107 e. The van der Waals surface area contributed by atoms with E-state index in [1.807, 2.05) is 5.38 Å². The topological polar surface area (TPSA) is 39.9 Å². The summed E-state index contributed by atoms with van der Waals surface area (Å²) in [5.41, 5.74) is 0.924. The van der Waals surface area contributed by atoms with Crippen molar-refractivity contribution in [3.8, 4) is 6.07 Å². The fraction of sp³-hybridized carbons (Fsp3) is 0.667. The summed E-state index contributed by atoms with van der Waals surface area (Å²) in [5.74, 6) is 0.877. The van der Waals surface area contributed by atoms with Crippen LogP contribution in [0.15, 0.2) is 5.38 Å². The summed E-state index contributed by atoms with van der Waals surface area (Å²) < 4.78 is 0. The first-order valence-corrected chi connectivity index (χ1v) is 6.68. The number of hydrogen-bond acceptors (Lipinski definition) is 4. The van der Waals surface area contributed by atoms with Crippen LogP contribution in [0.25, 0.3) is 0 Å². The molecule has 1 fully saturated rings. The molecule has 1 aliphatic heterocycles. The van der Waals surface area contributed by atoms with Gasteiger partial charge >= 0.3 is 0 Å². The molecular weight excluding hydrogens is 218 g/mol. The molecule has 1 aliphatic rings. The highest BCUT2D eigenvalue weighted by Gasteiger charge is 2.16. The molecule has 86 valence electrons. The highest BCUT2D eigenvalue weighted by atomic mass is 32.1. The van der Waals surface area contributed by atoms with Gasteiger partial charge in [0, 0.05) is 5.38 Å². The van der Waals surface area contributed by atoms with Gasteiger partial charge in [0.2, 0.25) is 0 Å². The maximum Gasteiger partial charge on any atom is 0.107 e. The summed E-state index contributed by atoms with van der Waals surface area (Å²) in [5, 5.41) is 11.7. The molecule has 0 amide bonds. The number of thiazole rings is 1. The molecule has 0 aliphatic carbocycles. The third-order valence-corrected chi connectivity index (χ3v) is 3.98. The van der Waals surface area contributed by atoms with Crippen molar-refractivity contribution < 1.29 is 0 Å². The van der Waals surface area contributed by atoms with Crippen LogP contribution in [0.1, 0.15) is 30.5 Å². The zero-order valence-electron chi connectivity index (χ0n) is 9.65. The zero-order valence-corrected chi connectivity index (χ0v) is 10.5.